The van der Waals surface area contributed by atoms with E-state index in [-0.39, 0.29) is 24.8 Å². The molecule has 1 aliphatic heterocycles. The van der Waals surface area contributed by atoms with Crippen LogP contribution >= 0.6 is 24.8 Å². The minimum Gasteiger partial charge on any atom is -0.317 e. The summed E-state index contributed by atoms with van der Waals surface area (Å²) in [4.78, 5) is 2.34. The molecule has 0 spiro atoms. The van der Waals surface area contributed by atoms with Gasteiger partial charge in [0.25, 0.3) is 0 Å². The molecule has 0 aromatic rings. The second-order valence-corrected chi connectivity index (χ2v) is 4.03. The van der Waals surface area contributed by atoms with E-state index in [1.807, 2.05) is 6.08 Å². The summed E-state index contributed by atoms with van der Waals surface area (Å²) in [5, 5.41) is 3.40. The van der Waals surface area contributed by atoms with Crippen molar-refractivity contribution < 1.29 is 0 Å². The van der Waals surface area contributed by atoms with Crippen LogP contribution in [-0.2, 0) is 0 Å². The van der Waals surface area contributed by atoms with Gasteiger partial charge >= 0.3 is 0 Å². The van der Waals surface area contributed by atoms with Crippen LogP contribution in [0.5, 0.6) is 0 Å². The monoisotopic (exact) mass is 254 g/mol. The molecule has 0 atom stereocenters. The van der Waals surface area contributed by atoms with Gasteiger partial charge in [0.05, 0.1) is 0 Å². The van der Waals surface area contributed by atoms with Crippen molar-refractivity contribution in [2.24, 2.45) is 5.92 Å². The lowest BCUT2D eigenvalue weighted by molar-refractivity contribution is 0.286. The molecule has 0 aromatic carbocycles. The molecule has 1 aliphatic rings. The Labute approximate surface area is 106 Å². The number of hydrogen-bond acceptors (Lipinski definition) is 2. The van der Waals surface area contributed by atoms with Gasteiger partial charge in [-0.1, -0.05) is 6.08 Å². The Morgan fingerprint density at radius 3 is 2.47 bits per heavy atom. The summed E-state index contributed by atoms with van der Waals surface area (Å²) < 4.78 is 0. The predicted octanol–water partition coefficient (Wildman–Crippen LogP) is 2.34. The molecule has 1 saturated heterocycles. The van der Waals surface area contributed by atoms with E-state index in [0.717, 1.165) is 12.5 Å². The first-order valence-corrected chi connectivity index (χ1v) is 5.33. The quantitative estimate of drug-likeness (QED) is 0.758. The fourth-order valence-corrected chi connectivity index (χ4v) is 1.89. The molecule has 0 amide bonds. The highest BCUT2D eigenvalue weighted by molar-refractivity contribution is 5.85. The molecule has 92 valence electrons. The Balaban J connectivity index is 0. The van der Waals surface area contributed by atoms with E-state index in [2.05, 4.69) is 23.8 Å². The van der Waals surface area contributed by atoms with Crippen molar-refractivity contribution in [1.29, 1.82) is 0 Å². The zero-order valence-corrected chi connectivity index (χ0v) is 11.2. The van der Waals surface area contributed by atoms with Crippen LogP contribution in [0.25, 0.3) is 0 Å². The predicted molar refractivity (Wildman–Crippen MR) is 72.4 cm³/mol. The van der Waals surface area contributed by atoms with Crippen LogP contribution in [0.3, 0.4) is 0 Å². The second kappa shape index (κ2) is 10.7. The van der Waals surface area contributed by atoms with Gasteiger partial charge in [-0.25, -0.2) is 0 Å². The average Bonchev–Trinajstić information content (AvgIpc) is 2.17. The standard InChI is InChI=1S/C11H22N2.2ClH/c1-3-9-13(2)10-6-11-4-7-12-8-5-11;;/h3,11-12H,1,4-10H2,2H3;2*1H. The van der Waals surface area contributed by atoms with Gasteiger partial charge in [-0.2, -0.15) is 0 Å². The van der Waals surface area contributed by atoms with Crippen LogP contribution in [-0.4, -0.2) is 38.1 Å². The number of nitrogens with one attached hydrogen (secondary N) is 1. The van der Waals surface area contributed by atoms with E-state index < -0.39 is 0 Å². The third-order valence-electron chi connectivity index (χ3n) is 2.82. The largest absolute Gasteiger partial charge is 0.317 e. The normalized spacial score (nSPS) is 16.7. The Morgan fingerprint density at radius 2 is 1.93 bits per heavy atom. The molecule has 15 heavy (non-hydrogen) atoms. The van der Waals surface area contributed by atoms with Crippen LogP contribution in [0.2, 0.25) is 0 Å². The maximum atomic E-state index is 3.74. The maximum absolute atomic E-state index is 3.74. The third kappa shape index (κ3) is 8.09. The first-order valence-electron chi connectivity index (χ1n) is 5.33. The van der Waals surface area contributed by atoms with Gasteiger partial charge < -0.3 is 10.2 Å². The second-order valence-electron chi connectivity index (χ2n) is 4.03. The van der Waals surface area contributed by atoms with E-state index in [1.165, 1.54) is 38.9 Å². The molecular weight excluding hydrogens is 231 g/mol. The van der Waals surface area contributed by atoms with Crippen molar-refractivity contribution in [3.8, 4) is 0 Å². The molecule has 0 bridgehead atoms. The summed E-state index contributed by atoms with van der Waals surface area (Å²) in [6, 6.07) is 0. The highest BCUT2D eigenvalue weighted by Gasteiger charge is 2.12. The number of rotatable bonds is 5. The van der Waals surface area contributed by atoms with E-state index >= 15 is 0 Å². The molecule has 2 nitrogen and oxygen atoms in total. The fraction of sp³-hybridized carbons (Fsp3) is 0.818. The zero-order valence-electron chi connectivity index (χ0n) is 9.58. The lowest BCUT2D eigenvalue weighted by Crippen LogP contribution is -2.30. The minimum absolute atomic E-state index is 0. The Morgan fingerprint density at radius 1 is 1.33 bits per heavy atom. The van der Waals surface area contributed by atoms with Crippen LogP contribution < -0.4 is 5.32 Å². The van der Waals surface area contributed by atoms with E-state index in [0.29, 0.717) is 0 Å². The Kier molecular flexibility index (Phi) is 12.6. The van der Waals surface area contributed by atoms with Gasteiger partial charge in [-0.05, 0) is 51.9 Å². The average molecular weight is 255 g/mol. The van der Waals surface area contributed by atoms with Crippen molar-refractivity contribution in [3.63, 3.8) is 0 Å². The van der Waals surface area contributed by atoms with Crippen LogP contribution in [0.1, 0.15) is 19.3 Å². The number of nitrogens with zero attached hydrogens (tertiary/aromatic N) is 1. The van der Waals surface area contributed by atoms with Crippen molar-refractivity contribution in [2.45, 2.75) is 19.3 Å². The summed E-state index contributed by atoms with van der Waals surface area (Å²) >= 11 is 0. The van der Waals surface area contributed by atoms with Crippen molar-refractivity contribution in [2.75, 3.05) is 33.2 Å². The molecule has 1 N–H and O–H groups in total. The first-order chi connectivity index (χ1) is 6.33. The topological polar surface area (TPSA) is 15.3 Å². The summed E-state index contributed by atoms with van der Waals surface area (Å²) in [5.74, 6) is 0.952. The molecule has 0 aliphatic carbocycles. The number of halogens is 2. The summed E-state index contributed by atoms with van der Waals surface area (Å²) in [6.07, 6.45) is 6.05. The summed E-state index contributed by atoms with van der Waals surface area (Å²) in [5.41, 5.74) is 0. The van der Waals surface area contributed by atoms with E-state index in [1.54, 1.807) is 0 Å². The molecule has 4 heteroatoms. The Bertz CT molecular complexity index is 148. The maximum Gasteiger partial charge on any atom is 0.0157 e. The lowest BCUT2D eigenvalue weighted by atomic mass is 9.94. The van der Waals surface area contributed by atoms with Crippen LogP contribution in [0.15, 0.2) is 12.7 Å². The molecular formula is C11H24Cl2N2. The minimum atomic E-state index is 0. The number of hydrogen-bond donors (Lipinski definition) is 1. The van der Waals surface area contributed by atoms with E-state index in [9.17, 15) is 0 Å². The molecule has 0 unspecified atom stereocenters. The van der Waals surface area contributed by atoms with Crippen LogP contribution in [0, 0.1) is 5.92 Å². The highest BCUT2D eigenvalue weighted by atomic mass is 35.5. The van der Waals surface area contributed by atoms with Crippen molar-refractivity contribution >= 4 is 24.8 Å². The first kappa shape index (κ1) is 17.6. The van der Waals surface area contributed by atoms with Gasteiger partial charge in [0.2, 0.25) is 0 Å². The van der Waals surface area contributed by atoms with Crippen molar-refractivity contribution in [1.82, 2.24) is 10.2 Å². The van der Waals surface area contributed by atoms with Gasteiger partial charge in [0.15, 0.2) is 0 Å². The summed E-state index contributed by atoms with van der Waals surface area (Å²) in [7, 11) is 2.17. The van der Waals surface area contributed by atoms with Gasteiger partial charge in [-0.15, -0.1) is 31.4 Å². The fourth-order valence-electron chi connectivity index (χ4n) is 1.89. The molecule has 1 rings (SSSR count). The molecule has 1 fully saturated rings. The smallest absolute Gasteiger partial charge is 0.0157 e. The molecule has 1 heterocycles. The number of piperidine rings is 1. The third-order valence-corrected chi connectivity index (χ3v) is 2.82. The van der Waals surface area contributed by atoms with Gasteiger partial charge in [0, 0.05) is 6.54 Å². The van der Waals surface area contributed by atoms with Gasteiger partial charge in [0.1, 0.15) is 0 Å². The lowest BCUT2D eigenvalue weighted by Gasteiger charge is -2.24. The summed E-state index contributed by atoms with van der Waals surface area (Å²) in [6.45, 7) is 8.42. The van der Waals surface area contributed by atoms with Crippen molar-refractivity contribution in [3.05, 3.63) is 12.7 Å². The SMILES string of the molecule is C=CCN(C)CCC1CCNCC1.Cl.Cl. The molecule has 0 saturated carbocycles. The zero-order chi connectivity index (χ0) is 9.52. The molecule has 0 radical (unpaired) electrons. The highest BCUT2D eigenvalue weighted by Crippen LogP contribution is 2.15. The van der Waals surface area contributed by atoms with Gasteiger partial charge in [-0.3, -0.25) is 0 Å². The molecule has 0 aromatic heterocycles. The van der Waals surface area contributed by atoms with E-state index in [4.69, 9.17) is 0 Å². The Hall–Kier alpha value is 0.240. The van der Waals surface area contributed by atoms with Crippen LogP contribution in [0.4, 0.5) is 0 Å². The number of likely N-dealkylation sites (N-methyl/N-ethyl adjacent to an activating group) is 1.